The molecule has 0 spiro atoms. The van der Waals surface area contributed by atoms with E-state index in [4.69, 9.17) is 0 Å². The molecule has 0 aromatic heterocycles. The van der Waals surface area contributed by atoms with Crippen molar-refractivity contribution in [2.45, 2.75) is 12.5 Å². The molecule has 0 radical (unpaired) electrons. The van der Waals surface area contributed by atoms with Crippen LogP contribution >= 0.6 is 15.9 Å². The molecule has 1 aliphatic heterocycles. The van der Waals surface area contributed by atoms with Gasteiger partial charge in [0, 0.05) is 17.1 Å². The minimum Gasteiger partial charge on any atom is -0.299 e. The van der Waals surface area contributed by atoms with Crippen LogP contribution < -0.4 is 0 Å². The van der Waals surface area contributed by atoms with Gasteiger partial charge >= 0.3 is 0 Å². The van der Waals surface area contributed by atoms with Crippen molar-refractivity contribution in [2.75, 3.05) is 13.6 Å². The van der Waals surface area contributed by atoms with Crippen molar-refractivity contribution in [1.29, 1.82) is 0 Å². The van der Waals surface area contributed by atoms with Crippen LogP contribution in [0.25, 0.3) is 0 Å². The third-order valence-corrected chi connectivity index (χ3v) is 3.01. The van der Waals surface area contributed by atoms with E-state index in [1.54, 1.807) is 0 Å². The molecule has 1 fully saturated rings. The summed E-state index contributed by atoms with van der Waals surface area (Å²) in [7, 11) is 2.18. The lowest BCUT2D eigenvalue weighted by Crippen LogP contribution is -2.37. The Hall–Kier alpha value is -0.340. The van der Waals surface area contributed by atoms with Gasteiger partial charge in [-0.2, -0.15) is 0 Å². The minimum absolute atomic E-state index is 0.655. The molecule has 0 aliphatic carbocycles. The molecule has 1 nitrogen and oxygen atoms in total. The second kappa shape index (κ2) is 3.19. The Morgan fingerprint density at radius 3 is 2.83 bits per heavy atom. The zero-order chi connectivity index (χ0) is 8.55. The maximum Gasteiger partial charge on any atom is 0.0357 e. The number of hydrogen-bond acceptors (Lipinski definition) is 1. The van der Waals surface area contributed by atoms with Gasteiger partial charge in [0.2, 0.25) is 0 Å². The highest BCUT2D eigenvalue weighted by Gasteiger charge is 2.25. The molecule has 0 N–H and O–H groups in total. The molecule has 1 aliphatic rings. The summed E-state index contributed by atoms with van der Waals surface area (Å²) >= 11 is 3.49. The van der Waals surface area contributed by atoms with Gasteiger partial charge in [-0.1, -0.05) is 28.1 Å². The highest BCUT2D eigenvalue weighted by Crippen LogP contribution is 2.32. The SMILES string of the molecule is CN1CCC1c1cccc(Br)c1. The van der Waals surface area contributed by atoms with Gasteiger partial charge in [0.15, 0.2) is 0 Å². The zero-order valence-corrected chi connectivity index (χ0v) is 8.71. The molecule has 0 bridgehead atoms. The van der Waals surface area contributed by atoms with Crippen LogP contribution in [0, 0.1) is 0 Å². The lowest BCUT2D eigenvalue weighted by Gasteiger charge is -2.38. The van der Waals surface area contributed by atoms with E-state index in [1.807, 2.05) is 0 Å². The second-order valence-electron chi connectivity index (χ2n) is 3.34. The van der Waals surface area contributed by atoms with E-state index in [1.165, 1.54) is 23.0 Å². The standard InChI is InChI=1S/C10H12BrN/c1-12-6-5-10(12)8-3-2-4-9(11)7-8/h2-4,7,10H,5-6H2,1H3. The summed E-state index contributed by atoms with van der Waals surface area (Å²) in [5.74, 6) is 0. The van der Waals surface area contributed by atoms with Crippen LogP contribution in [0.3, 0.4) is 0 Å². The van der Waals surface area contributed by atoms with Gasteiger partial charge in [-0.15, -0.1) is 0 Å². The predicted molar refractivity (Wildman–Crippen MR) is 54.1 cm³/mol. The molecule has 2 rings (SSSR count). The van der Waals surface area contributed by atoms with Gasteiger partial charge in [0.1, 0.15) is 0 Å². The summed E-state index contributed by atoms with van der Waals surface area (Å²) in [6.07, 6.45) is 1.30. The highest BCUT2D eigenvalue weighted by atomic mass is 79.9. The van der Waals surface area contributed by atoms with Crippen molar-refractivity contribution >= 4 is 15.9 Å². The van der Waals surface area contributed by atoms with Crippen molar-refractivity contribution < 1.29 is 0 Å². The first-order valence-electron chi connectivity index (χ1n) is 4.23. The van der Waals surface area contributed by atoms with Crippen molar-refractivity contribution in [3.05, 3.63) is 34.3 Å². The molecular formula is C10H12BrN. The van der Waals surface area contributed by atoms with Gasteiger partial charge in [0.25, 0.3) is 0 Å². The van der Waals surface area contributed by atoms with E-state index < -0.39 is 0 Å². The topological polar surface area (TPSA) is 3.24 Å². The van der Waals surface area contributed by atoms with Gasteiger partial charge in [-0.3, -0.25) is 4.90 Å². The Kier molecular flexibility index (Phi) is 2.20. The van der Waals surface area contributed by atoms with Gasteiger partial charge in [0.05, 0.1) is 0 Å². The van der Waals surface area contributed by atoms with Crippen LogP contribution in [0.2, 0.25) is 0 Å². The van der Waals surface area contributed by atoms with Crippen LogP contribution in [-0.4, -0.2) is 18.5 Å². The zero-order valence-electron chi connectivity index (χ0n) is 7.13. The fourth-order valence-electron chi connectivity index (χ4n) is 1.65. The van der Waals surface area contributed by atoms with Crippen LogP contribution in [0.1, 0.15) is 18.0 Å². The van der Waals surface area contributed by atoms with Crippen molar-refractivity contribution in [3.63, 3.8) is 0 Å². The number of benzene rings is 1. The first-order valence-corrected chi connectivity index (χ1v) is 5.02. The first-order chi connectivity index (χ1) is 5.77. The fraction of sp³-hybridized carbons (Fsp3) is 0.400. The van der Waals surface area contributed by atoms with E-state index in [0.29, 0.717) is 6.04 Å². The van der Waals surface area contributed by atoms with E-state index >= 15 is 0 Å². The Balaban J connectivity index is 2.22. The third kappa shape index (κ3) is 1.41. The molecule has 1 atom stereocenters. The maximum absolute atomic E-state index is 3.49. The quantitative estimate of drug-likeness (QED) is 0.711. The smallest absolute Gasteiger partial charge is 0.0357 e. The molecule has 1 heterocycles. The maximum atomic E-state index is 3.49. The number of rotatable bonds is 1. The molecule has 0 amide bonds. The van der Waals surface area contributed by atoms with Crippen LogP contribution in [0.15, 0.2) is 28.7 Å². The van der Waals surface area contributed by atoms with E-state index in [9.17, 15) is 0 Å². The lowest BCUT2D eigenvalue weighted by atomic mass is 9.96. The summed E-state index contributed by atoms with van der Waals surface area (Å²) < 4.78 is 1.18. The number of likely N-dealkylation sites (tertiary alicyclic amines) is 1. The van der Waals surface area contributed by atoms with Gasteiger partial charge in [-0.05, 0) is 31.2 Å². The first kappa shape index (κ1) is 8.27. The van der Waals surface area contributed by atoms with Crippen molar-refractivity contribution in [2.24, 2.45) is 0 Å². The Labute approximate surface area is 81.5 Å². The lowest BCUT2D eigenvalue weighted by molar-refractivity contribution is 0.128. The highest BCUT2D eigenvalue weighted by molar-refractivity contribution is 9.10. The normalized spacial score (nSPS) is 23.7. The minimum atomic E-state index is 0.655. The van der Waals surface area contributed by atoms with Gasteiger partial charge in [-0.25, -0.2) is 0 Å². The Bertz CT molecular complexity index is 285. The summed E-state index contributed by atoms with van der Waals surface area (Å²) in [6.45, 7) is 1.23. The number of hydrogen-bond donors (Lipinski definition) is 0. The van der Waals surface area contributed by atoms with Crippen LogP contribution in [0.4, 0.5) is 0 Å². The van der Waals surface area contributed by atoms with Crippen LogP contribution in [0.5, 0.6) is 0 Å². The largest absolute Gasteiger partial charge is 0.299 e. The monoisotopic (exact) mass is 225 g/mol. The molecule has 0 saturated carbocycles. The fourth-order valence-corrected chi connectivity index (χ4v) is 2.07. The summed E-state index contributed by atoms with van der Waals surface area (Å²) in [5, 5.41) is 0. The van der Waals surface area contributed by atoms with Crippen molar-refractivity contribution in [3.8, 4) is 0 Å². The number of halogens is 1. The summed E-state index contributed by atoms with van der Waals surface area (Å²) in [4.78, 5) is 2.38. The van der Waals surface area contributed by atoms with E-state index in [2.05, 4.69) is 52.1 Å². The van der Waals surface area contributed by atoms with E-state index in [-0.39, 0.29) is 0 Å². The van der Waals surface area contributed by atoms with E-state index in [0.717, 1.165) is 0 Å². The molecule has 1 aromatic rings. The summed E-state index contributed by atoms with van der Waals surface area (Å²) in [6, 6.07) is 9.24. The Morgan fingerprint density at radius 1 is 1.50 bits per heavy atom. The average molecular weight is 226 g/mol. The van der Waals surface area contributed by atoms with Crippen LogP contribution in [-0.2, 0) is 0 Å². The Morgan fingerprint density at radius 2 is 2.33 bits per heavy atom. The van der Waals surface area contributed by atoms with Crippen molar-refractivity contribution in [1.82, 2.24) is 4.90 Å². The number of nitrogens with zero attached hydrogens (tertiary/aromatic N) is 1. The molecule has 1 aromatic carbocycles. The molecular weight excluding hydrogens is 214 g/mol. The van der Waals surface area contributed by atoms with Gasteiger partial charge < -0.3 is 0 Å². The average Bonchev–Trinajstić information content (AvgIpc) is 2.02. The second-order valence-corrected chi connectivity index (χ2v) is 4.26. The molecule has 2 heteroatoms. The molecule has 64 valence electrons. The summed E-state index contributed by atoms with van der Waals surface area (Å²) in [5.41, 5.74) is 1.43. The predicted octanol–water partition coefficient (Wildman–Crippen LogP) is 2.83. The molecule has 1 unspecified atom stereocenters. The third-order valence-electron chi connectivity index (χ3n) is 2.52. The molecule has 12 heavy (non-hydrogen) atoms. The molecule has 1 saturated heterocycles.